The summed E-state index contributed by atoms with van der Waals surface area (Å²) in [6, 6.07) is 23.2. The van der Waals surface area contributed by atoms with Crippen LogP contribution >= 0.6 is 0 Å². The van der Waals surface area contributed by atoms with Gasteiger partial charge in [0.1, 0.15) is 18.2 Å². The van der Waals surface area contributed by atoms with Crippen molar-refractivity contribution in [2.45, 2.75) is 13.5 Å². The van der Waals surface area contributed by atoms with Gasteiger partial charge in [-0.05, 0) is 47.9 Å². The number of rotatable bonds is 4. The van der Waals surface area contributed by atoms with Crippen LogP contribution in [0.4, 0.5) is 5.69 Å². The third-order valence-corrected chi connectivity index (χ3v) is 6.06. The van der Waals surface area contributed by atoms with E-state index in [1.165, 1.54) is 11.0 Å². The number of amides is 1. The van der Waals surface area contributed by atoms with Gasteiger partial charge < -0.3 is 9.67 Å². The van der Waals surface area contributed by atoms with Gasteiger partial charge in [-0.2, -0.15) is 5.26 Å². The number of fused-ring (bicyclic) bond motifs is 4. The quantitative estimate of drug-likeness (QED) is 0.317. The highest BCUT2D eigenvalue weighted by Crippen LogP contribution is 2.37. The number of para-hydroxylation sites is 1. The van der Waals surface area contributed by atoms with Crippen LogP contribution in [0.2, 0.25) is 0 Å². The molecule has 170 valence electrons. The number of aryl methyl sites for hydroxylation is 1. The zero-order valence-electron chi connectivity index (χ0n) is 19.0. The second-order valence-electron chi connectivity index (χ2n) is 8.39. The Morgan fingerprint density at radius 2 is 1.77 bits per heavy atom. The number of carboxylic acids is 1. The van der Waals surface area contributed by atoms with Crippen LogP contribution in [0.1, 0.15) is 16.7 Å². The smallest absolute Gasteiger partial charge is 0.323 e. The van der Waals surface area contributed by atoms with Crippen molar-refractivity contribution in [2.24, 2.45) is 0 Å². The number of nitrogens with zero attached hydrogens (tertiary/aromatic N) is 3. The highest BCUT2D eigenvalue weighted by Gasteiger charge is 2.24. The molecule has 0 bridgehead atoms. The Morgan fingerprint density at radius 1 is 1.03 bits per heavy atom. The van der Waals surface area contributed by atoms with E-state index in [1.807, 2.05) is 79.7 Å². The Labute approximate surface area is 202 Å². The molecule has 4 aromatic rings. The molecular weight excluding hydrogens is 438 g/mol. The minimum atomic E-state index is -0.971. The Balaban J connectivity index is 1.61. The van der Waals surface area contributed by atoms with Gasteiger partial charge in [0.05, 0.1) is 5.69 Å². The van der Waals surface area contributed by atoms with Crippen LogP contribution in [0.15, 0.2) is 84.7 Å². The van der Waals surface area contributed by atoms with Crippen LogP contribution in [0, 0.1) is 18.3 Å². The molecule has 1 aliphatic rings. The van der Waals surface area contributed by atoms with E-state index in [9.17, 15) is 20.0 Å². The molecule has 0 unspecified atom stereocenters. The maximum atomic E-state index is 13.7. The molecule has 35 heavy (non-hydrogen) atoms. The lowest BCUT2D eigenvalue weighted by Crippen LogP contribution is -2.26. The predicted octanol–water partition coefficient (Wildman–Crippen LogP) is 5.63. The van der Waals surface area contributed by atoms with E-state index in [0.717, 1.165) is 33.2 Å². The van der Waals surface area contributed by atoms with Gasteiger partial charge in [0.15, 0.2) is 0 Å². The number of anilines is 1. The molecule has 0 radical (unpaired) electrons. The van der Waals surface area contributed by atoms with Crippen LogP contribution in [0.5, 0.6) is 0 Å². The Hall–Kier alpha value is -4.89. The van der Waals surface area contributed by atoms with Gasteiger partial charge in [-0.25, -0.2) is 0 Å². The average molecular weight is 460 g/mol. The fourth-order valence-corrected chi connectivity index (χ4v) is 4.46. The molecule has 0 spiro atoms. The van der Waals surface area contributed by atoms with Crippen molar-refractivity contribution < 1.29 is 14.7 Å². The SMILES string of the molecule is Cc1ccc2c(C=C(C#N)C(=O)N3C=Cc4ccccc4-c4ccccc43)cn(CC(=O)O)c2c1. The molecule has 1 aliphatic heterocycles. The molecule has 1 N–H and O–H groups in total. The fraction of sp³-hybridized carbons (Fsp3) is 0.0690. The summed E-state index contributed by atoms with van der Waals surface area (Å²) < 4.78 is 1.62. The van der Waals surface area contributed by atoms with Gasteiger partial charge >= 0.3 is 5.97 Å². The zero-order chi connectivity index (χ0) is 24.5. The van der Waals surface area contributed by atoms with Crippen molar-refractivity contribution in [3.63, 3.8) is 0 Å². The second kappa shape index (κ2) is 8.81. The van der Waals surface area contributed by atoms with Gasteiger partial charge in [-0.1, -0.05) is 54.6 Å². The maximum absolute atomic E-state index is 13.7. The summed E-state index contributed by atoms with van der Waals surface area (Å²) in [4.78, 5) is 26.5. The molecule has 0 saturated carbocycles. The van der Waals surface area contributed by atoms with E-state index < -0.39 is 11.9 Å². The molecule has 0 aliphatic carbocycles. The first-order valence-corrected chi connectivity index (χ1v) is 11.1. The number of hydrogen-bond acceptors (Lipinski definition) is 3. The van der Waals surface area contributed by atoms with E-state index in [0.29, 0.717) is 11.3 Å². The number of aliphatic carboxylic acids is 1. The van der Waals surface area contributed by atoms with Crippen LogP contribution in [-0.4, -0.2) is 21.6 Å². The summed E-state index contributed by atoms with van der Waals surface area (Å²) in [5, 5.41) is 20.1. The van der Waals surface area contributed by atoms with Gasteiger partial charge in [-0.3, -0.25) is 14.5 Å². The summed E-state index contributed by atoms with van der Waals surface area (Å²) in [6.07, 6.45) is 6.76. The number of hydrogen-bond donors (Lipinski definition) is 1. The number of carbonyl (C=O) groups is 2. The number of benzene rings is 3. The van der Waals surface area contributed by atoms with Crippen molar-refractivity contribution in [1.82, 2.24) is 4.57 Å². The van der Waals surface area contributed by atoms with Crippen molar-refractivity contribution in [2.75, 3.05) is 4.90 Å². The lowest BCUT2D eigenvalue weighted by Gasteiger charge is -2.20. The van der Waals surface area contributed by atoms with Gasteiger partial charge in [-0.15, -0.1) is 0 Å². The van der Waals surface area contributed by atoms with E-state index >= 15 is 0 Å². The first kappa shape index (κ1) is 21.9. The predicted molar refractivity (Wildman–Crippen MR) is 136 cm³/mol. The highest BCUT2D eigenvalue weighted by molar-refractivity contribution is 6.15. The normalized spacial score (nSPS) is 12.6. The summed E-state index contributed by atoms with van der Waals surface area (Å²) >= 11 is 0. The van der Waals surface area contributed by atoms with Crippen molar-refractivity contribution in [3.05, 3.63) is 101 Å². The zero-order valence-corrected chi connectivity index (χ0v) is 19.0. The highest BCUT2D eigenvalue weighted by atomic mass is 16.4. The van der Waals surface area contributed by atoms with Crippen LogP contribution in [0.3, 0.4) is 0 Å². The molecular formula is C29H21N3O3. The van der Waals surface area contributed by atoms with Crippen LogP contribution < -0.4 is 4.90 Å². The minimum Gasteiger partial charge on any atom is -0.480 e. The molecule has 6 heteroatoms. The van der Waals surface area contributed by atoms with Gasteiger partial charge in [0, 0.05) is 34.4 Å². The van der Waals surface area contributed by atoms with E-state index in [1.54, 1.807) is 17.0 Å². The number of aromatic nitrogens is 1. The number of nitriles is 1. The Morgan fingerprint density at radius 3 is 2.54 bits per heavy atom. The van der Waals surface area contributed by atoms with E-state index in [4.69, 9.17) is 0 Å². The largest absolute Gasteiger partial charge is 0.480 e. The Bertz CT molecular complexity index is 1600. The summed E-state index contributed by atoms with van der Waals surface area (Å²) in [6.45, 7) is 1.71. The minimum absolute atomic E-state index is 0.0506. The molecule has 0 saturated heterocycles. The lowest BCUT2D eigenvalue weighted by atomic mass is 9.99. The number of carbonyl (C=O) groups excluding carboxylic acids is 1. The molecule has 5 rings (SSSR count). The van der Waals surface area contributed by atoms with E-state index in [-0.39, 0.29) is 12.1 Å². The van der Waals surface area contributed by atoms with Gasteiger partial charge in [0.25, 0.3) is 5.91 Å². The molecule has 6 nitrogen and oxygen atoms in total. The first-order chi connectivity index (χ1) is 17.0. The molecule has 3 aromatic carbocycles. The maximum Gasteiger partial charge on any atom is 0.323 e. The van der Waals surface area contributed by atoms with E-state index in [2.05, 4.69) is 6.07 Å². The third kappa shape index (κ3) is 4.00. The average Bonchev–Trinajstić information content (AvgIpc) is 3.08. The van der Waals surface area contributed by atoms with Crippen molar-refractivity contribution in [1.29, 1.82) is 5.26 Å². The molecule has 2 heterocycles. The third-order valence-electron chi connectivity index (χ3n) is 6.06. The summed E-state index contributed by atoms with van der Waals surface area (Å²) in [7, 11) is 0. The lowest BCUT2D eigenvalue weighted by molar-refractivity contribution is -0.137. The van der Waals surface area contributed by atoms with Crippen molar-refractivity contribution in [3.8, 4) is 17.2 Å². The second-order valence-corrected chi connectivity index (χ2v) is 8.39. The topological polar surface area (TPSA) is 86.3 Å². The molecule has 0 fully saturated rings. The summed E-state index contributed by atoms with van der Waals surface area (Å²) in [5.74, 6) is -1.43. The molecule has 1 amide bonds. The van der Waals surface area contributed by atoms with Gasteiger partial charge in [0.2, 0.25) is 0 Å². The van der Waals surface area contributed by atoms with Crippen LogP contribution in [0.25, 0.3) is 34.2 Å². The van der Waals surface area contributed by atoms with Crippen molar-refractivity contribution >= 4 is 40.6 Å². The Kier molecular flexibility index (Phi) is 5.52. The molecule has 0 atom stereocenters. The standard InChI is InChI=1S/C29H21N3O3/c1-19-10-11-24-22(17-31(18-28(33)34)27(24)14-19)15-21(16-30)29(35)32-13-12-20-6-2-3-7-23(20)25-8-4-5-9-26(25)32/h2-15,17H,18H2,1H3,(H,33,34). The first-order valence-electron chi connectivity index (χ1n) is 11.1. The molecule has 1 aromatic heterocycles. The summed E-state index contributed by atoms with van der Waals surface area (Å²) in [5.41, 5.74) is 5.84. The monoisotopic (exact) mass is 459 g/mol. The van der Waals surface area contributed by atoms with Crippen LogP contribution in [-0.2, 0) is 16.1 Å². The fourth-order valence-electron chi connectivity index (χ4n) is 4.46. The number of carboxylic acid groups (broad SMARTS) is 1.